The Kier molecular flexibility index (Phi) is 5.10. The number of ether oxygens (including phenoxy) is 2. The molecule has 0 heterocycles. The van der Waals surface area contributed by atoms with Crippen LogP contribution >= 0.6 is 0 Å². The third-order valence-electron chi connectivity index (χ3n) is 2.85. The summed E-state index contributed by atoms with van der Waals surface area (Å²) in [5.41, 5.74) is 7.77. The van der Waals surface area contributed by atoms with Gasteiger partial charge in [-0.2, -0.15) is 0 Å². The summed E-state index contributed by atoms with van der Waals surface area (Å²) in [5, 5.41) is 0. The second-order valence-electron chi connectivity index (χ2n) is 3.98. The molecule has 1 rings (SSSR count). The van der Waals surface area contributed by atoms with Crippen LogP contribution in [0.1, 0.15) is 13.8 Å². The minimum absolute atomic E-state index is 0.277. The highest BCUT2D eigenvalue weighted by atomic mass is 16.5. The molecule has 0 bridgehead atoms. The van der Waals surface area contributed by atoms with Gasteiger partial charge < -0.3 is 20.1 Å². The fourth-order valence-corrected chi connectivity index (χ4v) is 2.01. The highest BCUT2D eigenvalue weighted by Crippen LogP contribution is 2.32. The molecular weight excluding hydrogens is 216 g/mol. The average molecular weight is 238 g/mol. The Labute approximate surface area is 103 Å². The molecule has 0 aliphatic rings. The van der Waals surface area contributed by atoms with Gasteiger partial charge in [-0.05, 0) is 26.0 Å². The van der Waals surface area contributed by atoms with E-state index < -0.39 is 0 Å². The van der Waals surface area contributed by atoms with Gasteiger partial charge in [0.1, 0.15) is 5.75 Å². The maximum atomic E-state index is 6.10. The molecule has 2 N–H and O–H groups in total. The smallest absolute Gasteiger partial charge is 0.143 e. The molecule has 0 saturated carbocycles. The largest absolute Gasteiger partial charge is 0.495 e. The van der Waals surface area contributed by atoms with Gasteiger partial charge in [0.15, 0.2) is 0 Å². The van der Waals surface area contributed by atoms with Crippen LogP contribution in [0.5, 0.6) is 5.75 Å². The second-order valence-corrected chi connectivity index (χ2v) is 3.98. The van der Waals surface area contributed by atoms with Crippen LogP contribution in [0.4, 0.5) is 11.4 Å². The van der Waals surface area contributed by atoms with Crippen molar-refractivity contribution in [1.29, 1.82) is 0 Å². The van der Waals surface area contributed by atoms with Crippen molar-refractivity contribution < 1.29 is 9.47 Å². The fourth-order valence-electron chi connectivity index (χ4n) is 2.01. The van der Waals surface area contributed by atoms with E-state index in [1.54, 1.807) is 14.2 Å². The van der Waals surface area contributed by atoms with Crippen LogP contribution in [0.15, 0.2) is 18.2 Å². The lowest BCUT2D eigenvalue weighted by Crippen LogP contribution is -2.36. The number of hydrogen-bond donors (Lipinski definition) is 1. The van der Waals surface area contributed by atoms with Crippen LogP contribution in [0.25, 0.3) is 0 Å². The quantitative estimate of drug-likeness (QED) is 0.771. The van der Waals surface area contributed by atoms with E-state index in [2.05, 4.69) is 18.7 Å². The third-order valence-corrected chi connectivity index (χ3v) is 2.85. The summed E-state index contributed by atoms with van der Waals surface area (Å²) in [7, 11) is 3.34. The summed E-state index contributed by atoms with van der Waals surface area (Å²) in [6.45, 7) is 5.77. The second kappa shape index (κ2) is 6.35. The zero-order valence-corrected chi connectivity index (χ0v) is 11.1. The van der Waals surface area contributed by atoms with Crippen molar-refractivity contribution in [3.8, 4) is 5.75 Å². The molecule has 0 aliphatic heterocycles. The third kappa shape index (κ3) is 3.03. The van der Waals surface area contributed by atoms with E-state index in [9.17, 15) is 0 Å². The summed E-state index contributed by atoms with van der Waals surface area (Å²) in [6, 6.07) is 6.10. The van der Waals surface area contributed by atoms with E-state index in [1.807, 2.05) is 18.2 Å². The van der Waals surface area contributed by atoms with Crippen molar-refractivity contribution in [3.05, 3.63) is 18.2 Å². The predicted molar refractivity (Wildman–Crippen MR) is 71.8 cm³/mol. The summed E-state index contributed by atoms with van der Waals surface area (Å²) >= 11 is 0. The number of nitrogens with zero attached hydrogens (tertiary/aromatic N) is 1. The molecule has 0 radical (unpaired) electrons. The lowest BCUT2D eigenvalue weighted by molar-refractivity contribution is 0.182. The molecule has 0 fully saturated rings. The highest BCUT2D eigenvalue weighted by Gasteiger charge is 2.16. The van der Waals surface area contributed by atoms with Crippen LogP contribution in [0.3, 0.4) is 0 Å². The van der Waals surface area contributed by atoms with Crippen LogP contribution < -0.4 is 15.4 Å². The first-order valence-electron chi connectivity index (χ1n) is 5.83. The Morgan fingerprint density at radius 1 is 1.35 bits per heavy atom. The van der Waals surface area contributed by atoms with Gasteiger partial charge in [0.05, 0.1) is 25.1 Å². The zero-order chi connectivity index (χ0) is 12.8. The first-order valence-corrected chi connectivity index (χ1v) is 5.83. The topological polar surface area (TPSA) is 47.7 Å². The maximum Gasteiger partial charge on any atom is 0.143 e. The fraction of sp³-hybridized carbons (Fsp3) is 0.538. The Bertz CT molecular complexity index is 355. The van der Waals surface area contributed by atoms with E-state index in [4.69, 9.17) is 15.2 Å². The molecule has 1 atom stereocenters. The molecule has 1 aromatic rings. The monoisotopic (exact) mass is 238 g/mol. The number of methoxy groups -OCH3 is 2. The lowest BCUT2D eigenvalue weighted by Gasteiger charge is -2.31. The number of nitrogen functional groups attached to an aromatic ring is 1. The summed E-state index contributed by atoms with van der Waals surface area (Å²) in [5.74, 6) is 0.713. The normalized spacial score (nSPS) is 12.2. The van der Waals surface area contributed by atoms with Crippen molar-refractivity contribution in [3.63, 3.8) is 0 Å². The molecular formula is C13H22N2O2. The van der Waals surface area contributed by atoms with E-state index in [-0.39, 0.29) is 6.04 Å². The highest BCUT2D eigenvalue weighted by molar-refractivity contribution is 5.74. The predicted octanol–water partition coefficient (Wildman–Crippen LogP) is 2.14. The molecule has 0 spiro atoms. The summed E-state index contributed by atoms with van der Waals surface area (Å²) in [4.78, 5) is 2.21. The standard InChI is InChI=1S/C13H22N2O2/c1-5-15(10(2)9-16-3)11-7-6-8-12(17-4)13(11)14/h6-8,10H,5,9,14H2,1-4H3. The average Bonchev–Trinajstić information content (AvgIpc) is 2.32. The Morgan fingerprint density at radius 3 is 2.59 bits per heavy atom. The van der Waals surface area contributed by atoms with Crippen molar-refractivity contribution >= 4 is 11.4 Å². The van der Waals surface area contributed by atoms with Crippen LogP contribution in [-0.4, -0.2) is 33.4 Å². The molecule has 17 heavy (non-hydrogen) atoms. The SMILES string of the molecule is CCN(c1cccc(OC)c1N)C(C)COC. The van der Waals surface area contributed by atoms with E-state index in [1.165, 1.54) is 0 Å². The molecule has 0 aromatic heterocycles. The minimum Gasteiger partial charge on any atom is -0.495 e. The van der Waals surface area contributed by atoms with Crippen LogP contribution in [0.2, 0.25) is 0 Å². The zero-order valence-electron chi connectivity index (χ0n) is 11.1. The first-order chi connectivity index (χ1) is 8.15. The van der Waals surface area contributed by atoms with Gasteiger partial charge in [0, 0.05) is 19.7 Å². The lowest BCUT2D eigenvalue weighted by atomic mass is 10.2. The number of para-hydroxylation sites is 1. The molecule has 4 heteroatoms. The van der Waals surface area contributed by atoms with E-state index in [0.29, 0.717) is 18.0 Å². The molecule has 96 valence electrons. The van der Waals surface area contributed by atoms with Gasteiger partial charge in [0.2, 0.25) is 0 Å². The van der Waals surface area contributed by atoms with Crippen molar-refractivity contribution in [2.75, 3.05) is 38.0 Å². The van der Waals surface area contributed by atoms with Crippen molar-refractivity contribution in [2.24, 2.45) is 0 Å². The Hall–Kier alpha value is -1.42. The number of rotatable bonds is 6. The summed E-state index contributed by atoms with van der Waals surface area (Å²) in [6.07, 6.45) is 0. The van der Waals surface area contributed by atoms with Gasteiger partial charge in [0.25, 0.3) is 0 Å². The van der Waals surface area contributed by atoms with Crippen LogP contribution in [-0.2, 0) is 4.74 Å². The van der Waals surface area contributed by atoms with E-state index in [0.717, 1.165) is 12.2 Å². The maximum absolute atomic E-state index is 6.10. The number of nitrogens with two attached hydrogens (primary N) is 1. The first kappa shape index (κ1) is 13.6. The Balaban J connectivity index is 3.03. The number of anilines is 2. The number of likely N-dealkylation sites (N-methyl/N-ethyl adjacent to an activating group) is 1. The van der Waals surface area contributed by atoms with Crippen molar-refractivity contribution in [2.45, 2.75) is 19.9 Å². The number of benzene rings is 1. The van der Waals surface area contributed by atoms with E-state index >= 15 is 0 Å². The molecule has 0 saturated heterocycles. The van der Waals surface area contributed by atoms with Gasteiger partial charge in [-0.1, -0.05) is 6.07 Å². The number of hydrogen-bond acceptors (Lipinski definition) is 4. The van der Waals surface area contributed by atoms with Gasteiger partial charge in [-0.3, -0.25) is 0 Å². The molecule has 1 aromatic carbocycles. The summed E-state index contributed by atoms with van der Waals surface area (Å²) < 4.78 is 10.4. The van der Waals surface area contributed by atoms with Crippen molar-refractivity contribution in [1.82, 2.24) is 0 Å². The molecule has 0 amide bonds. The van der Waals surface area contributed by atoms with Gasteiger partial charge in [-0.25, -0.2) is 0 Å². The minimum atomic E-state index is 0.277. The van der Waals surface area contributed by atoms with Crippen LogP contribution in [0, 0.1) is 0 Å². The molecule has 1 unspecified atom stereocenters. The molecule has 0 aliphatic carbocycles. The van der Waals surface area contributed by atoms with Gasteiger partial charge in [-0.15, -0.1) is 0 Å². The molecule has 4 nitrogen and oxygen atoms in total. The van der Waals surface area contributed by atoms with Gasteiger partial charge >= 0.3 is 0 Å². The Morgan fingerprint density at radius 2 is 2.06 bits per heavy atom.